The number of aromatic nitrogens is 1. The predicted octanol–water partition coefficient (Wildman–Crippen LogP) is 1.13. The highest BCUT2D eigenvalue weighted by Gasteiger charge is 2.21. The SMILES string of the molecule is NCC[C@H](O)c1ncc(Br)cc1[N+](=O)[O-]. The van der Waals surface area contributed by atoms with E-state index >= 15 is 0 Å². The molecule has 1 rings (SSSR count). The van der Waals surface area contributed by atoms with E-state index in [-0.39, 0.29) is 24.3 Å². The van der Waals surface area contributed by atoms with Crippen LogP contribution in [0.4, 0.5) is 5.69 Å². The molecule has 3 N–H and O–H groups in total. The monoisotopic (exact) mass is 275 g/mol. The molecule has 1 aromatic rings. The summed E-state index contributed by atoms with van der Waals surface area (Å²) >= 11 is 3.08. The van der Waals surface area contributed by atoms with Gasteiger partial charge in [-0.1, -0.05) is 0 Å². The molecule has 82 valence electrons. The number of rotatable bonds is 4. The Morgan fingerprint density at radius 2 is 2.40 bits per heavy atom. The Hall–Kier alpha value is -1.05. The van der Waals surface area contributed by atoms with Gasteiger partial charge in [-0.05, 0) is 28.9 Å². The van der Waals surface area contributed by atoms with Gasteiger partial charge in [0.25, 0.3) is 5.69 Å². The van der Waals surface area contributed by atoms with E-state index in [9.17, 15) is 15.2 Å². The number of aliphatic hydroxyl groups excluding tert-OH is 1. The summed E-state index contributed by atoms with van der Waals surface area (Å²) in [6, 6.07) is 1.31. The summed E-state index contributed by atoms with van der Waals surface area (Å²) in [6.07, 6.45) is 0.654. The minimum atomic E-state index is -0.997. The lowest BCUT2D eigenvalue weighted by Crippen LogP contribution is -2.10. The van der Waals surface area contributed by atoms with Crippen LogP contribution in [0, 0.1) is 10.1 Å². The first-order valence-electron chi connectivity index (χ1n) is 4.24. The highest BCUT2D eigenvalue weighted by molar-refractivity contribution is 9.10. The quantitative estimate of drug-likeness (QED) is 0.634. The molecule has 0 spiro atoms. The molecule has 1 heterocycles. The molecular weight excluding hydrogens is 266 g/mol. The van der Waals surface area contributed by atoms with Crippen molar-refractivity contribution < 1.29 is 10.0 Å². The van der Waals surface area contributed by atoms with E-state index in [1.54, 1.807) is 0 Å². The first kappa shape index (κ1) is 12.0. The van der Waals surface area contributed by atoms with E-state index in [0.717, 1.165) is 0 Å². The van der Waals surface area contributed by atoms with Crippen molar-refractivity contribution in [3.63, 3.8) is 0 Å². The van der Waals surface area contributed by atoms with Crippen molar-refractivity contribution >= 4 is 21.6 Å². The molecule has 1 aromatic heterocycles. The number of hydrogen-bond donors (Lipinski definition) is 2. The molecular formula is C8H10BrN3O3. The van der Waals surface area contributed by atoms with Crippen LogP contribution in [0.25, 0.3) is 0 Å². The molecule has 0 amide bonds. The Balaban J connectivity index is 3.10. The van der Waals surface area contributed by atoms with Crippen LogP contribution in [-0.2, 0) is 0 Å². The van der Waals surface area contributed by atoms with Gasteiger partial charge in [-0.15, -0.1) is 0 Å². The molecule has 0 aliphatic rings. The summed E-state index contributed by atoms with van der Waals surface area (Å²) in [5.41, 5.74) is 5.10. The average molecular weight is 276 g/mol. The van der Waals surface area contributed by atoms with Crippen molar-refractivity contribution in [3.05, 3.63) is 32.5 Å². The fourth-order valence-corrected chi connectivity index (χ4v) is 1.46. The minimum absolute atomic E-state index is 0.0497. The Morgan fingerprint density at radius 3 is 2.93 bits per heavy atom. The molecule has 0 bridgehead atoms. The van der Waals surface area contributed by atoms with Gasteiger partial charge in [-0.3, -0.25) is 15.1 Å². The zero-order chi connectivity index (χ0) is 11.4. The lowest BCUT2D eigenvalue weighted by atomic mass is 10.1. The Bertz CT molecular complexity index is 372. The molecule has 0 unspecified atom stereocenters. The third kappa shape index (κ3) is 2.95. The standard InChI is InChI=1S/C8H10BrN3O3/c9-5-3-6(12(14)15)8(11-4-5)7(13)1-2-10/h3-4,7,13H,1-2,10H2/t7-/m0/s1. The fourth-order valence-electron chi connectivity index (χ4n) is 1.14. The second-order valence-corrected chi connectivity index (χ2v) is 3.82. The van der Waals surface area contributed by atoms with Gasteiger partial charge < -0.3 is 10.8 Å². The normalized spacial score (nSPS) is 12.5. The predicted molar refractivity (Wildman–Crippen MR) is 57.2 cm³/mol. The van der Waals surface area contributed by atoms with Gasteiger partial charge in [0.2, 0.25) is 0 Å². The van der Waals surface area contributed by atoms with Crippen molar-refractivity contribution in [3.8, 4) is 0 Å². The largest absolute Gasteiger partial charge is 0.386 e. The van der Waals surface area contributed by atoms with E-state index in [1.807, 2.05) is 0 Å². The molecule has 0 aliphatic carbocycles. The Labute approximate surface area is 94.4 Å². The van der Waals surface area contributed by atoms with Gasteiger partial charge in [0.05, 0.1) is 4.92 Å². The maximum Gasteiger partial charge on any atom is 0.294 e. The summed E-state index contributed by atoms with van der Waals surface area (Å²) in [4.78, 5) is 13.9. The number of halogens is 1. The second kappa shape index (κ2) is 5.15. The van der Waals surface area contributed by atoms with Crippen LogP contribution in [0.5, 0.6) is 0 Å². The summed E-state index contributed by atoms with van der Waals surface area (Å²) in [5, 5.41) is 20.3. The van der Waals surface area contributed by atoms with Gasteiger partial charge in [0.15, 0.2) is 0 Å². The zero-order valence-corrected chi connectivity index (χ0v) is 9.35. The van der Waals surface area contributed by atoms with Gasteiger partial charge in [-0.2, -0.15) is 0 Å². The smallest absolute Gasteiger partial charge is 0.294 e. The van der Waals surface area contributed by atoms with Crippen molar-refractivity contribution in [1.82, 2.24) is 4.98 Å². The van der Waals surface area contributed by atoms with E-state index < -0.39 is 11.0 Å². The number of pyridine rings is 1. The number of nitrogens with two attached hydrogens (primary N) is 1. The van der Waals surface area contributed by atoms with Crippen molar-refractivity contribution in [2.45, 2.75) is 12.5 Å². The highest BCUT2D eigenvalue weighted by atomic mass is 79.9. The highest BCUT2D eigenvalue weighted by Crippen LogP contribution is 2.27. The summed E-state index contributed by atoms with van der Waals surface area (Å²) in [5.74, 6) is 0. The fraction of sp³-hybridized carbons (Fsp3) is 0.375. The number of nitro groups is 1. The van der Waals surface area contributed by atoms with E-state index in [1.165, 1.54) is 12.3 Å². The minimum Gasteiger partial charge on any atom is -0.386 e. The van der Waals surface area contributed by atoms with E-state index in [0.29, 0.717) is 4.47 Å². The van der Waals surface area contributed by atoms with Crippen LogP contribution in [0.15, 0.2) is 16.7 Å². The van der Waals surface area contributed by atoms with E-state index in [4.69, 9.17) is 5.73 Å². The second-order valence-electron chi connectivity index (χ2n) is 2.91. The van der Waals surface area contributed by atoms with Gasteiger partial charge in [0.1, 0.15) is 11.8 Å². The van der Waals surface area contributed by atoms with Gasteiger partial charge in [0, 0.05) is 16.7 Å². The topological polar surface area (TPSA) is 102 Å². The first-order valence-corrected chi connectivity index (χ1v) is 5.03. The molecule has 0 saturated carbocycles. The van der Waals surface area contributed by atoms with Crippen molar-refractivity contribution in [1.29, 1.82) is 0 Å². The van der Waals surface area contributed by atoms with Gasteiger partial charge in [-0.25, -0.2) is 0 Å². The maximum atomic E-state index is 10.7. The number of aliphatic hydroxyl groups is 1. The van der Waals surface area contributed by atoms with Crippen LogP contribution in [0.1, 0.15) is 18.2 Å². The molecule has 1 atom stereocenters. The Morgan fingerprint density at radius 1 is 1.73 bits per heavy atom. The maximum absolute atomic E-state index is 10.7. The molecule has 7 heteroatoms. The summed E-state index contributed by atoms with van der Waals surface area (Å²) in [6.45, 7) is 0.246. The number of hydrogen-bond acceptors (Lipinski definition) is 5. The summed E-state index contributed by atoms with van der Waals surface area (Å²) < 4.78 is 0.498. The molecule has 0 aromatic carbocycles. The summed E-state index contributed by atoms with van der Waals surface area (Å²) in [7, 11) is 0. The molecule has 0 saturated heterocycles. The molecule has 6 nitrogen and oxygen atoms in total. The number of nitrogens with zero attached hydrogens (tertiary/aromatic N) is 2. The average Bonchev–Trinajstić information content (AvgIpc) is 2.17. The van der Waals surface area contributed by atoms with Crippen LogP contribution in [0.2, 0.25) is 0 Å². The van der Waals surface area contributed by atoms with Crippen molar-refractivity contribution in [2.75, 3.05) is 6.54 Å². The lowest BCUT2D eigenvalue weighted by molar-refractivity contribution is -0.386. The van der Waals surface area contributed by atoms with Crippen LogP contribution >= 0.6 is 15.9 Å². The van der Waals surface area contributed by atoms with E-state index in [2.05, 4.69) is 20.9 Å². The third-order valence-electron chi connectivity index (χ3n) is 1.82. The Kier molecular flexibility index (Phi) is 4.13. The lowest BCUT2D eigenvalue weighted by Gasteiger charge is -2.08. The molecule has 0 fully saturated rings. The van der Waals surface area contributed by atoms with Crippen LogP contribution in [0.3, 0.4) is 0 Å². The van der Waals surface area contributed by atoms with Crippen LogP contribution < -0.4 is 5.73 Å². The van der Waals surface area contributed by atoms with Crippen LogP contribution in [-0.4, -0.2) is 21.6 Å². The van der Waals surface area contributed by atoms with Gasteiger partial charge >= 0.3 is 0 Å². The first-order chi connectivity index (χ1) is 7.06. The molecule has 0 radical (unpaired) electrons. The molecule has 15 heavy (non-hydrogen) atoms. The zero-order valence-electron chi connectivity index (χ0n) is 7.76. The molecule has 0 aliphatic heterocycles. The van der Waals surface area contributed by atoms with Crippen molar-refractivity contribution in [2.24, 2.45) is 5.73 Å². The third-order valence-corrected chi connectivity index (χ3v) is 2.25.